The van der Waals surface area contributed by atoms with Gasteiger partial charge in [-0.05, 0) is 49.3 Å². The zero-order chi connectivity index (χ0) is 21.1. The molecule has 0 spiro atoms. The van der Waals surface area contributed by atoms with Gasteiger partial charge in [0.05, 0.1) is 13.7 Å². The number of benzene rings is 1. The Kier molecular flexibility index (Phi) is 12.3. The summed E-state index contributed by atoms with van der Waals surface area (Å²) in [6.07, 6.45) is 6.62. The second-order valence-corrected chi connectivity index (χ2v) is 7.45. The molecule has 0 unspecified atom stereocenters. The summed E-state index contributed by atoms with van der Waals surface area (Å²) in [6, 6.07) is 4.90. The number of hydrogen-bond acceptors (Lipinski definition) is 4. The number of nitrogens with zero attached hydrogens (tertiary/aromatic N) is 1. The number of guanidine groups is 1. The average Bonchev–Trinajstić information content (AvgIpc) is 2.71. The third-order valence-corrected chi connectivity index (χ3v) is 5.40. The molecule has 0 aromatic heterocycles. The van der Waals surface area contributed by atoms with Crippen LogP contribution in [0.4, 0.5) is 8.78 Å². The fourth-order valence-corrected chi connectivity index (χ4v) is 3.84. The molecule has 0 atom stereocenters. The first-order valence-corrected chi connectivity index (χ1v) is 10.3. The number of halogens is 3. The number of aliphatic imine (C=N–C) groups is 1. The van der Waals surface area contributed by atoms with Gasteiger partial charge in [-0.2, -0.15) is 8.78 Å². The van der Waals surface area contributed by atoms with Crippen molar-refractivity contribution in [2.75, 3.05) is 26.8 Å². The molecule has 1 aromatic carbocycles. The molecule has 0 saturated heterocycles. The quantitative estimate of drug-likeness (QED) is 0.234. The van der Waals surface area contributed by atoms with Gasteiger partial charge in [0.2, 0.25) is 0 Å². The Morgan fingerprint density at radius 1 is 1.20 bits per heavy atom. The summed E-state index contributed by atoms with van der Waals surface area (Å²) < 4.78 is 34.8. The molecule has 2 rings (SSSR count). The lowest BCUT2D eigenvalue weighted by Crippen LogP contribution is -2.44. The minimum Gasteiger partial charge on any atom is -0.493 e. The minimum absolute atomic E-state index is 0. The van der Waals surface area contributed by atoms with E-state index in [-0.39, 0.29) is 47.5 Å². The Morgan fingerprint density at radius 2 is 1.93 bits per heavy atom. The van der Waals surface area contributed by atoms with Crippen molar-refractivity contribution in [1.29, 1.82) is 0 Å². The smallest absolute Gasteiger partial charge is 0.387 e. The second kappa shape index (κ2) is 13.8. The SMILES string of the molecule is CCNC(=NCc1ccc(OC)c(OC(F)F)c1)NCC1(CCO)CCCCC1.I. The van der Waals surface area contributed by atoms with Crippen molar-refractivity contribution in [3.63, 3.8) is 0 Å². The zero-order valence-corrected chi connectivity index (χ0v) is 20.1. The van der Waals surface area contributed by atoms with E-state index in [0.29, 0.717) is 19.0 Å². The van der Waals surface area contributed by atoms with Gasteiger partial charge in [-0.3, -0.25) is 0 Å². The third kappa shape index (κ3) is 8.41. The predicted molar refractivity (Wildman–Crippen MR) is 125 cm³/mol. The molecule has 0 amide bonds. The summed E-state index contributed by atoms with van der Waals surface area (Å²) in [4.78, 5) is 4.58. The van der Waals surface area contributed by atoms with Crippen molar-refractivity contribution in [3.8, 4) is 11.5 Å². The first-order valence-electron chi connectivity index (χ1n) is 10.3. The van der Waals surface area contributed by atoms with E-state index in [2.05, 4.69) is 20.4 Å². The maximum absolute atomic E-state index is 12.6. The molecule has 0 heterocycles. The van der Waals surface area contributed by atoms with Gasteiger partial charge < -0.3 is 25.2 Å². The summed E-state index contributed by atoms with van der Waals surface area (Å²) in [5.41, 5.74) is 0.836. The third-order valence-electron chi connectivity index (χ3n) is 5.40. The van der Waals surface area contributed by atoms with Crippen molar-refractivity contribution in [2.24, 2.45) is 10.4 Å². The van der Waals surface area contributed by atoms with Crippen LogP contribution in [0, 0.1) is 5.41 Å². The van der Waals surface area contributed by atoms with E-state index in [1.807, 2.05) is 6.92 Å². The van der Waals surface area contributed by atoms with Crippen LogP contribution in [0.15, 0.2) is 23.2 Å². The summed E-state index contributed by atoms with van der Waals surface area (Å²) in [6.45, 7) is 1.03. The molecule has 0 bridgehead atoms. The van der Waals surface area contributed by atoms with Gasteiger partial charge >= 0.3 is 6.61 Å². The van der Waals surface area contributed by atoms with E-state index < -0.39 is 6.61 Å². The lowest BCUT2D eigenvalue weighted by Gasteiger charge is -2.37. The molecule has 172 valence electrons. The van der Waals surface area contributed by atoms with E-state index in [9.17, 15) is 13.9 Å². The number of aliphatic hydroxyl groups is 1. The van der Waals surface area contributed by atoms with Gasteiger partial charge in [0.1, 0.15) is 0 Å². The van der Waals surface area contributed by atoms with Crippen LogP contribution in [0.2, 0.25) is 0 Å². The molecular weight excluding hydrogens is 507 g/mol. The highest BCUT2D eigenvalue weighted by Crippen LogP contribution is 2.38. The number of alkyl halides is 2. The van der Waals surface area contributed by atoms with Crippen molar-refractivity contribution in [3.05, 3.63) is 23.8 Å². The van der Waals surface area contributed by atoms with Gasteiger partial charge in [0.15, 0.2) is 17.5 Å². The first kappa shape index (κ1) is 26.7. The minimum atomic E-state index is -2.92. The van der Waals surface area contributed by atoms with Crippen molar-refractivity contribution in [2.45, 2.75) is 58.6 Å². The molecule has 0 aliphatic heterocycles. The molecule has 1 aliphatic rings. The number of methoxy groups -OCH3 is 1. The monoisotopic (exact) mass is 541 g/mol. The summed E-state index contributed by atoms with van der Waals surface area (Å²) in [5.74, 6) is 0.922. The topological polar surface area (TPSA) is 75.1 Å². The lowest BCUT2D eigenvalue weighted by atomic mass is 9.72. The summed E-state index contributed by atoms with van der Waals surface area (Å²) in [7, 11) is 1.41. The van der Waals surface area contributed by atoms with E-state index in [4.69, 9.17) is 4.74 Å². The lowest BCUT2D eigenvalue weighted by molar-refractivity contribution is -0.0512. The number of aliphatic hydroxyl groups excluding tert-OH is 1. The predicted octanol–water partition coefficient (Wildman–Crippen LogP) is 4.30. The van der Waals surface area contributed by atoms with Gasteiger partial charge in [-0.15, -0.1) is 24.0 Å². The van der Waals surface area contributed by atoms with Crippen LogP contribution in [0.1, 0.15) is 51.0 Å². The second-order valence-electron chi connectivity index (χ2n) is 7.45. The fraction of sp³-hybridized carbons (Fsp3) is 0.667. The highest BCUT2D eigenvalue weighted by molar-refractivity contribution is 14.0. The van der Waals surface area contributed by atoms with E-state index in [1.165, 1.54) is 32.4 Å². The maximum atomic E-state index is 12.6. The van der Waals surface area contributed by atoms with Crippen molar-refractivity contribution >= 4 is 29.9 Å². The van der Waals surface area contributed by atoms with Crippen LogP contribution >= 0.6 is 24.0 Å². The molecule has 1 saturated carbocycles. The maximum Gasteiger partial charge on any atom is 0.387 e. The zero-order valence-electron chi connectivity index (χ0n) is 17.8. The van der Waals surface area contributed by atoms with Crippen molar-refractivity contribution < 1.29 is 23.4 Å². The standard InChI is InChI=1S/C21H33F2N3O3.HI/c1-3-24-20(26-15-21(11-12-27)9-5-4-6-10-21)25-14-16-7-8-17(28-2)18(13-16)29-19(22)23;/h7-8,13,19,27H,3-6,9-12,14-15H2,1-2H3,(H2,24,25,26);1H. The Labute approximate surface area is 194 Å². The highest BCUT2D eigenvalue weighted by atomic mass is 127. The largest absolute Gasteiger partial charge is 0.493 e. The van der Waals surface area contributed by atoms with Crippen LogP contribution in [0.3, 0.4) is 0 Å². The normalized spacial score (nSPS) is 16.0. The molecule has 30 heavy (non-hydrogen) atoms. The highest BCUT2D eigenvalue weighted by Gasteiger charge is 2.31. The molecule has 9 heteroatoms. The average molecular weight is 541 g/mol. The number of nitrogens with one attached hydrogen (secondary N) is 2. The molecule has 1 aromatic rings. The molecular formula is C21H34F2IN3O3. The van der Waals surface area contributed by atoms with Crippen LogP contribution in [0.25, 0.3) is 0 Å². The summed E-state index contributed by atoms with van der Waals surface area (Å²) in [5, 5.41) is 16.1. The van der Waals surface area contributed by atoms with Gasteiger partial charge in [0.25, 0.3) is 0 Å². The van der Waals surface area contributed by atoms with Crippen LogP contribution in [0.5, 0.6) is 11.5 Å². The van der Waals surface area contributed by atoms with E-state index in [0.717, 1.165) is 31.4 Å². The van der Waals surface area contributed by atoms with Gasteiger partial charge in [0, 0.05) is 19.7 Å². The molecule has 6 nitrogen and oxygen atoms in total. The van der Waals surface area contributed by atoms with Crippen LogP contribution in [-0.2, 0) is 6.54 Å². The summed E-state index contributed by atoms with van der Waals surface area (Å²) >= 11 is 0. The molecule has 1 aliphatic carbocycles. The Balaban J connectivity index is 0.00000450. The van der Waals surface area contributed by atoms with Gasteiger partial charge in [-0.1, -0.05) is 25.3 Å². The Hall–Kier alpha value is -1.36. The Morgan fingerprint density at radius 3 is 2.53 bits per heavy atom. The van der Waals surface area contributed by atoms with Gasteiger partial charge in [-0.25, -0.2) is 4.99 Å². The van der Waals surface area contributed by atoms with E-state index >= 15 is 0 Å². The number of hydrogen-bond donors (Lipinski definition) is 3. The molecule has 0 radical (unpaired) electrons. The number of rotatable bonds is 10. The van der Waals surface area contributed by atoms with Crippen LogP contribution < -0.4 is 20.1 Å². The molecule has 1 fully saturated rings. The van der Waals surface area contributed by atoms with Crippen molar-refractivity contribution in [1.82, 2.24) is 10.6 Å². The fourth-order valence-electron chi connectivity index (χ4n) is 3.84. The van der Waals surface area contributed by atoms with Crippen LogP contribution in [-0.4, -0.2) is 44.5 Å². The first-order chi connectivity index (χ1) is 14.0. The molecule has 3 N–H and O–H groups in total. The van der Waals surface area contributed by atoms with E-state index in [1.54, 1.807) is 12.1 Å². The Bertz CT molecular complexity index is 651. The number of ether oxygens (including phenoxy) is 2.